The highest BCUT2D eigenvalue weighted by molar-refractivity contribution is 5.76. The Morgan fingerprint density at radius 1 is 1.28 bits per heavy atom. The standard InChI is InChI=1S/C13H16F3NO/c1-9(2)7-12(18)17-8-10-5-3-4-6-11(10)13(14,15)16/h3-6,9H,7-8H2,1-2H3,(H,17,18). The summed E-state index contributed by atoms with van der Waals surface area (Å²) in [4.78, 5) is 11.4. The van der Waals surface area contributed by atoms with Crippen LogP contribution in [0.3, 0.4) is 0 Å². The Bertz CT molecular complexity index is 413. The fraction of sp³-hybridized carbons (Fsp3) is 0.462. The van der Waals surface area contributed by atoms with E-state index in [2.05, 4.69) is 5.32 Å². The Hall–Kier alpha value is -1.52. The van der Waals surface area contributed by atoms with Gasteiger partial charge in [0.25, 0.3) is 0 Å². The van der Waals surface area contributed by atoms with Gasteiger partial charge in [0.2, 0.25) is 5.91 Å². The van der Waals surface area contributed by atoms with Gasteiger partial charge in [-0.05, 0) is 17.5 Å². The summed E-state index contributed by atoms with van der Waals surface area (Å²) in [7, 11) is 0. The van der Waals surface area contributed by atoms with Crippen molar-refractivity contribution in [3.8, 4) is 0 Å². The molecule has 2 nitrogen and oxygen atoms in total. The zero-order chi connectivity index (χ0) is 13.8. The average molecular weight is 259 g/mol. The summed E-state index contributed by atoms with van der Waals surface area (Å²) in [6.45, 7) is 3.66. The normalized spacial score (nSPS) is 11.7. The Morgan fingerprint density at radius 2 is 1.89 bits per heavy atom. The van der Waals surface area contributed by atoms with E-state index < -0.39 is 11.7 Å². The van der Waals surface area contributed by atoms with Crippen molar-refractivity contribution in [2.45, 2.75) is 33.0 Å². The lowest BCUT2D eigenvalue weighted by Gasteiger charge is -2.13. The van der Waals surface area contributed by atoms with Gasteiger partial charge >= 0.3 is 6.18 Å². The van der Waals surface area contributed by atoms with Gasteiger partial charge < -0.3 is 5.32 Å². The molecular formula is C13H16F3NO. The Morgan fingerprint density at radius 3 is 2.44 bits per heavy atom. The third-order valence-electron chi connectivity index (χ3n) is 2.39. The lowest BCUT2D eigenvalue weighted by atomic mass is 10.1. The zero-order valence-corrected chi connectivity index (χ0v) is 10.3. The molecule has 18 heavy (non-hydrogen) atoms. The number of halogens is 3. The van der Waals surface area contributed by atoms with Crippen molar-refractivity contribution in [1.82, 2.24) is 5.32 Å². The van der Waals surface area contributed by atoms with Crippen molar-refractivity contribution < 1.29 is 18.0 Å². The first-order chi connectivity index (χ1) is 8.30. The fourth-order valence-corrected chi connectivity index (χ4v) is 1.59. The van der Waals surface area contributed by atoms with Gasteiger partial charge in [-0.3, -0.25) is 4.79 Å². The third kappa shape index (κ3) is 4.39. The quantitative estimate of drug-likeness (QED) is 0.882. The van der Waals surface area contributed by atoms with Crippen molar-refractivity contribution in [2.75, 3.05) is 0 Å². The van der Waals surface area contributed by atoms with E-state index in [-0.39, 0.29) is 23.9 Å². The minimum Gasteiger partial charge on any atom is -0.352 e. The summed E-state index contributed by atoms with van der Waals surface area (Å²) in [6, 6.07) is 5.25. The Balaban J connectivity index is 2.71. The molecule has 1 amide bonds. The molecule has 0 spiro atoms. The molecule has 0 bridgehead atoms. The predicted molar refractivity (Wildman–Crippen MR) is 62.7 cm³/mol. The van der Waals surface area contributed by atoms with Crippen molar-refractivity contribution in [3.05, 3.63) is 35.4 Å². The minimum atomic E-state index is -4.39. The molecule has 0 aliphatic carbocycles. The number of amides is 1. The van der Waals surface area contributed by atoms with Gasteiger partial charge in [0.05, 0.1) is 5.56 Å². The third-order valence-corrected chi connectivity index (χ3v) is 2.39. The molecule has 0 heterocycles. The molecule has 0 aromatic heterocycles. The number of alkyl halides is 3. The van der Waals surface area contributed by atoms with Crippen molar-refractivity contribution >= 4 is 5.91 Å². The lowest BCUT2D eigenvalue weighted by molar-refractivity contribution is -0.138. The lowest BCUT2D eigenvalue weighted by Crippen LogP contribution is -2.25. The summed E-state index contributed by atoms with van der Waals surface area (Å²) in [6.07, 6.45) is -4.08. The average Bonchev–Trinajstić information content (AvgIpc) is 2.24. The number of benzene rings is 1. The highest BCUT2D eigenvalue weighted by atomic mass is 19.4. The molecule has 1 rings (SSSR count). The summed E-state index contributed by atoms with van der Waals surface area (Å²) in [5.74, 6) is -0.0511. The zero-order valence-electron chi connectivity index (χ0n) is 10.3. The molecule has 0 aliphatic heterocycles. The van der Waals surface area contributed by atoms with Crippen LogP contribution in [0.5, 0.6) is 0 Å². The number of nitrogens with one attached hydrogen (secondary N) is 1. The number of carbonyl (C=O) groups excluding carboxylic acids is 1. The summed E-state index contributed by atoms with van der Waals surface area (Å²) < 4.78 is 38.0. The molecule has 1 N–H and O–H groups in total. The second kappa shape index (κ2) is 5.89. The van der Waals surface area contributed by atoms with E-state index >= 15 is 0 Å². The Kier molecular flexibility index (Phi) is 4.76. The second-order valence-corrected chi connectivity index (χ2v) is 4.53. The molecular weight excluding hydrogens is 243 g/mol. The van der Waals surface area contributed by atoms with Crippen LogP contribution in [-0.2, 0) is 17.5 Å². The maximum absolute atomic E-state index is 12.7. The largest absolute Gasteiger partial charge is 0.416 e. The van der Waals surface area contributed by atoms with E-state index in [1.54, 1.807) is 0 Å². The van der Waals surface area contributed by atoms with Crippen LogP contribution in [0.4, 0.5) is 13.2 Å². The van der Waals surface area contributed by atoms with E-state index in [1.807, 2.05) is 13.8 Å². The van der Waals surface area contributed by atoms with Crippen LogP contribution >= 0.6 is 0 Å². The smallest absolute Gasteiger partial charge is 0.352 e. The topological polar surface area (TPSA) is 29.1 Å². The van der Waals surface area contributed by atoms with Crippen LogP contribution in [0.25, 0.3) is 0 Å². The van der Waals surface area contributed by atoms with Crippen molar-refractivity contribution in [3.63, 3.8) is 0 Å². The number of rotatable bonds is 4. The van der Waals surface area contributed by atoms with E-state index in [4.69, 9.17) is 0 Å². The van der Waals surface area contributed by atoms with Gasteiger partial charge in [0.1, 0.15) is 0 Å². The van der Waals surface area contributed by atoms with Crippen LogP contribution in [0, 0.1) is 5.92 Å². The van der Waals surface area contributed by atoms with Crippen LogP contribution in [0.15, 0.2) is 24.3 Å². The number of hydrogen-bond donors (Lipinski definition) is 1. The van der Waals surface area contributed by atoms with Gasteiger partial charge in [0.15, 0.2) is 0 Å². The van der Waals surface area contributed by atoms with Crippen molar-refractivity contribution in [1.29, 1.82) is 0 Å². The highest BCUT2D eigenvalue weighted by Gasteiger charge is 2.32. The molecule has 0 fully saturated rings. The maximum Gasteiger partial charge on any atom is 0.416 e. The van der Waals surface area contributed by atoms with Crippen LogP contribution in [-0.4, -0.2) is 5.91 Å². The molecule has 0 aliphatic rings. The molecule has 0 unspecified atom stereocenters. The molecule has 0 radical (unpaired) electrons. The van der Waals surface area contributed by atoms with E-state index in [0.29, 0.717) is 6.42 Å². The molecule has 0 atom stereocenters. The maximum atomic E-state index is 12.7. The molecule has 1 aromatic carbocycles. The number of carbonyl (C=O) groups is 1. The van der Waals surface area contributed by atoms with E-state index in [1.165, 1.54) is 18.2 Å². The highest BCUT2D eigenvalue weighted by Crippen LogP contribution is 2.31. The van der Waals surface area contributed by atoms with Gasteiger partial charge in [-0.1, -0.05) is 32.0 Å². The van der Waals surface area contributed by atoms with Gasteiger partial charge in [-0.25, -0.2) is 0 Å². The molecule has 1 aromatic rings. The van der Waals surface area contributed by atoms with E-state index in [0.717, 1.165) is 6.07 Å². The Labute approximate surface area is 104 Å². The minimum absolute atomic E-state index is 0.0853. The van der Waals surface area contributed by atoms with Crippen LogP contribution in [0.2, 0.25) is 0 Å². The summed E-state index contributed by atoms with van der Waals surface area (Å²) in [5.41, 5.74) is -0.614. The first-order valence-corrected chi connectivity index (χ1v) is 5.72. The second-order valence-electron chi connectivity index (χ2n) is 4.53. The van der Waals surface area contributed by atoms with Crippen molar-refractivity contribution in [2.24, 2.45) is 5.92 Å². The summed E-state index contributed by atoms with van der Waals surface area (Å²) in [5, 5.41) is 2.50. The molecule has 0 saturated carbocycles. The van der Waals surface area contributed by atoms with Gasteiger partial charge in [-0.2, -0.15) is 13.2 Å². The SMILES string of the molecule is CC(C)CC(=O)NCc1ccccc1C(F)(F)F. The molecule has 5 heteroatoms. The first kappa shape index (κ1) is 14.5. The molecule has 100 valence electrons. The predicted octanol–water partition coefficient (Wildman–Crippen LogP) is 3.37. The summed E-state index contributed by atoms with van der Waals surface area (Å²) >= 11 is 0. The number of hydrogen-bond acceptors (Lipinski definition) is 1. The van der Waals surface area contributed by atoms with Gasteiger partial charge in [0, 0.05) is 13.0 Å². The molecule has 0 saturated heterocycles. The first-order valence-electron chi connectivity index (χ1n) is 5.72. The van der Waals surface area contributed by atoms with E-state index in [9.17, 15) is 18.0 Å². The monoisotopic (exact) mass is 259 g/mol. The van der Waals surface area contributed by atoms with Crippen LogP contribution < -0.4 is 5.32 Å². The van der Waals surface area contributed by atoms with Gasteiger partial charge in [-0.15, -0.1) is 0 Å². The fourth-order valence-electron chi connectivity index (χ4n) is 1.59. The van der Waals surface area contributed by atoms with Crippen LogP contribution in [0.1, 0.15) is 31.4 Å².